The number of nitrogens with one attached hydrogen (secondary N) is 1. The molecule has 1 aromatic heterocycles. The normalized spacial score (nSPS) is 19.8. The van der Waals surface area contributed by atoms with Crippen molar-refractivity contribution in [2.45, 2.75) is 12.5 Å². The van der Waals surface area contributed by atoms with Crippen LogP contribution in [0.3, 0.4) is 0 Å². The number of hydrogen-bond donors (Lipinski definition) is 2. The summed E-state index contributed by atoms with van der Waals surface area (Å²) >= 11 is 0. The van der Waals surface area contributed by atoms with Crippen molar-refractivity contribution in [3.63, 3.8) is 0 Å². The lowest BCUT2D eigenvalue weighted by atomic mass is 9.95. The molecule has 6 nitrogen and oxygen atoms in total. The molecule has 0 aliphatic carbocycles. The summed E-state index contributed by atoms with van der Waals surface area (Å²) in [5.74, 6) is -1.28. The van der Waals surface area contributed by atoms with E-state index in [1.807, 2.05) is 30.3 Å². The minimum atomic E-state index is -1.08. The van der Waals surface area contributed by atoms with Gasteiger partial charge in [0.1, 0.15) is 5.69 Å². The second kappa shape index (κ2) is 7.23. The van der Waals surface area contributed by atoms with Crippen molar-refractivity contribution in [3.8, 4) is 0 Å². The van der Waals surface area contributed by atoms with Gasteiger partial charge in [-0.3, -0.25) is 9.78 Å². The number of ether oxygens (including phenoxy) is 1. The SMILES string of the molecule is O=C(O)c1ccnc(C(=O)NC[C@@H]2CCO[C@H]2c2ccccc2)c1. The number of carboxylic acids is 1. The quantitative estimate of drug-likeness (QED) is 0.880. The molecule has 0 saturated carbocycles. The fourth-order valence-corrected chi connectivity index (χ4v) is 2.86. The minimum Gasteiger partial charge on any atom is -0.478 e. The molecule has 2 heterocycles. The summed E-state index contributed by atoms with van der Waals surface area (Å²) in [6.45, 7) is 1.12. The Hall–Kier alpha value is -2.73. The summed E-state index contributed by atoms with van der Waals surface area (Å²) in [7, 11) is 0. The topological polar surface area (TPSA) is 88.5 Å². The lowest BCUT2D eigenvalue weighted by molar-refractivity contribution is 0.0696. The number of hydrogen-bond acceptors (Lipinski definition) is 4. The van der Waals surface area contributed by atoms with Gasteiger partial charge >= 0.3 is 5.97 Å². The molecular weight excluding hydrogens is 308 g/mol. The van der Waals surface area contributed by atoms with Gasteiger partial charge in [0.15, 0.2) is 0 Å². The van der Waals surface area contributed by atoms with Crippen LogP contribution in [0, 0.1) is 5.92 Å². The molecule has 24 heavy (non-hydrogen) atoms. The van der Waals surface area contributed by atoms with Crippen LogP contribution in [-0.4, -0.2) is 35.1 Å². The van der Waals surface area contributed by atoms with Crippen LogP contribution in [-0.2, 0) is 4.74 Å². The fourth-order valence-electron chi connectivity index (χ4n) is 2.86. The number of aromatic nitrogens is 1. The van der Waals surface area contributed by atoms with Gasteiger partial charge in [0.2, 0.25) is 0 Å². The van der Waals surface area contributed by atoms with Crippen LogP contribution >= 0.6 is 0 Å². The van der Waals surface area contributed by atoms with Gasteiger partial charge in [-0.1, -0.05) is 30.3 Å². The lowest BCUT2D eigenvalue weighted by Crippen LogP contribution is -2.31. The Kier molecular flexibility index (Phi) is 4.86. The lowest BCUT2D eigenvalue weighted by Gasteiger charge is -2.19. The van der Waals surface area contributed by atoms with E-state index in [2.05, 4.69) is 10.3 Å². The standard InChI is InChI=1S/C18H18N2O4/c21-17(15-10-13(18(22)23)6-8-19-15)20-11-14-7-9-24-16(14)12-4-2-1-3-5-12/h1-6,8,10,14,16H,7,9,11H2,(H,20,21)(H,22,23)/t14-,16-/m0/s1. The molecule has 1 aromatic carbocycles. The molecule has 1 amide bonds. The summed E-state index contributed by atoms with van der Waals surface area (Å²) in [5.41, 5.74) is 1.24. The zero-order valence-corrected chi connectivity index (χ0v) is 13.0. The first-order valence-corrected chi connectivity index (χ1v) is 7.79. The van der Waals surface area contributed by atoms with Crippen molar-refractivity contribution in [3.05, 3.63) is 65.5 Å². The Bertz CT molecular complexity index is 733. The maximum absolute atomic E-state index is 12.2. The number of rotatable bonds is 5. The highest BCUT2D eigenvalue weighted by molar-refractivity contribution is 5.95. The molecule has 1 saturated heterocycles. The molecule has 2 atom stereocenters. The monoisotopic (exact) mass is 326 g/mol. The molecule has 1 fully saturated rings. The van der Waals surface area contributed by atoms with Gasteiger partial charge in [-0.2, -0.15) is 0 Å². The molecule has 0 unspecified atom stereocenters. The molecule has 3 rings (SSSR count). The summed E-state index contributed by atoms with van der Waals surface area (Å²) in [6.07, 6.45) is 2.15. The first-order chi connectivity index (χ1) is 11.6. The summed E-state index contributed by atoms with van der Waals surface area (Å²) in [6, 6.07) is 12.6. The highest BCUT2D eigenvalue weighted by atomic mass is 16.5. The van der Waals surface area contributed by atoms with Crippen LogP contribution in [0.15, 0.2) is 48.7 Å². The Morgan fingerprint density at radius 1 is 1.25 bits per heavy atom. The number of amides is 1. The molecule has 6 heteroatoms. The van der Waals surface area contributed by atoms with Crippen LogP contribution in [0.4, 0.5) is 0 Å². The smallest absolute Gasteiger partial charge is 0.335 e. The van der Waals surface area contributed by atoms with Crippen molar-refractivity contribution in [2.75, 3.05) is 13.2 Å². The zero-order chi connectivity index (χ0) is 16.9. The van der Waals surface area contributed by atoms with Crippen molar-refractivity contribution < 1.29 is 19.4 Å². The van der Waals surface area contributed by atoms with E-state index in [0.717, 1.165) is 12.0 Å². The van der Waals surface area contributed by atoms with Gasteiger partial charge in [-0.15, -0.1) is 0 Å². The van der Waals surface area contributed by atoms with E-state index in [1.54, 1.807) is 0 Å². The van der Waals surface area contributed by atoms with Crippen LogP contribution in [0.1, 0.15) is 38.9 Å². The van der Waals surface area contributed by atoms with E-state index in [9.17, 15) is 9.59 Å². The molecule has 0 radical (unpaired) electrons. The highest BCUT2D eigenvalue weighted by Gasteiger charge is 2.29. The second-order valence-corrected chi connectivity index (χ2v) is 5.70. The predicted molar refractivity (Wildman–Crippen MR) is 86.8 cm³/mol. The van der Waals surface area contributed by atoms with E-state index in [1.165, 1.54) is 18.3 Å². The zero-order valence-electron chi connectivity index (χ0n) is 13.0. The van der Waals surface area contributed by atoms with Crippen molar-refractivity contribution in [1.82, 2.24) is 10.3 Å². The number of carboxylic acid groups (broad SMARTS) is 1. The number of benzene rings is 1. The summed E-state index contributed by atoms with van der Waals surface area (Å²) in [4.78, 5) is 27.1. The molecule has 1 aliphatic heterocycles. The number of pyridine rings is 1. The Morgan fingerprint density at radius 2 is 2.04 bits per heavy atom. The van der Waals surface area contributed by atoms with Crippen LogP contribution in [0.25, 0.3) is 0 Å². The van der Waals surface area contributed by atoms with Crippen molar-refractivity contribution >= 4 is 11.9 Å². The number of carbonyl (C=O) groups is 2. The van der Waals surface area contributed by atoms with Crippen molar-refractivity contribution in [2.24, 2.45) is 5.92 Å². The largest absolute Gasteiger partial charge is 0.478 e. The van der Waals surface area contributed by atoms with E-state index < -0.39 is 5.97 Å². The van der Waals surface area contributed by atoms with Crippen molar-refractivity contribution in [1.29, 1.82) is 0 Å². The van der Waals surface area contributed by atoms with E-state index in [-0.39, 0.29) is 29.2 Å². The van der Waals surface area contributed by atoms with E-state index >= 15 is 0 Å². The van der Waals surface area contributed by atoms with Crippen LogP contribution < -0.4 is 5.32 Å². The van der Waals surface area contributed by atoms with Crippen LogP contribution in [0.2, 0.25) is 0 Å². The third kappa shape index (κ3) is 3.60. The van der Waals surface area contributed by atoms with Gasteiger partial charge in [0, 0.05) is 25.3 Å². The molecule has 2 aromatic rings. The molecule has 124 valence electrons. The van der Waals surface area contributed by atoms with Gasteiger partial charge in [0.25, 0.3) is 5.91 Å². The van der Waals surface area contributed by atoms with Gasteiger partial charge in [-0.05, 0) is 24.1 Å². The summed E-state index contributed by atoms with van der Waals surface area (Å²) in [5, 5.41) is 11.8. The van der Waals surface area contributed by atoms with Gasteiger partial charge in [-0.25, -0.2) is 4.79 Å². The number of carbonyl (C=O) groups excluding carboxylic acids is 1. The molecule has 0 bridgehead atoms. The van der Waals surface area contributed by atoms with Gasteiger partial charge in [0.05, 0.1) is 11.7 Å². The van der Waals surface area contributed by atoms with Crippen LogP contribution in [0.5, 0.6) is 0 Å². The number of nitrogens with zero attached hydrogens (tertiary/aromatic N) is 1. The molecule has 0 spiro atoms. The minimum absolute atomic E-state index is 0.0372. The molecule has 2 N–H and O–H groups in total. The first-order valence-electron chi connectivity index (χ1n) is 7.79. The predicted octanol–water partition coefficient (Wildman–Crippen LogP) is 2.29. The maximum Gasteiger partial charge on any atom is 0.335 e. The van der Waals surface area contributed by atoms with E-state index in [0.29, 0.717) is 13.2 Å². The van der Waals surface area contributed by atoms with E-state index in [4.69, 9.17) is 9.84 Å². The maximum atomic E-state index is 12.2. The molecular formula is C18H18N2O4. The van der Waals surface area contributed by atoms with Gasteiger partial charge < -0.3 is 15.2 Å². The Labute approximate surface area is 139 Å². The number of aromatic carboxylic acids is 1. The third-order valence-electron chi connectivity index (χ3n) is 4.11. The highest BCUT2D eigenvalue weighted by Crippen LogP contribution is 2.33. The fraction of sp³-hybridized carbons (Fsp3) is 0.278. The molecule has 1 aliphatic rings. The average molecular weight is 326 g/mol. The Balaban J connectivity index is 1.63. The first kappa shape index (κ1) is 16.1. The summed E-state index contributed by atoms with van der Waals surface area (Å²) < 4.78 is 5.80. The second-order valence-electron chi connectivity index (χ2n) is 5.70. The third-order valence-corrected chi connectivity index (χ3v) is 4.11. The Morgan fingerprint density at radius 3 is 2.79 bits per heavy atom. The average Bonchev–Trinajstić information content (AvgIpc) is 3.09.